The van der Waals surface area contributed by atoms with Crippen LogP contribution in [0.25, 0.3) is 0 Å². The second kappa shape index (κ2) is 6.52. The summed E-state index contributed by atoms with van der Waals surface area (Å²) in [5, 5.41) is 0. The van der Waals surface area contributed by atoms with Gasteiger partial charge < -0.3 is 4.90 Å². The standard InChI is InChI=1S/C24H35N/c1-16-11-18(3)22(12-17(16)2)25(10)21-14-19(23(4,5)6)13-20(15-21)24(7,8)9/h11-15H,1-10H3. The van der Waals surface area contributed by atoms with E-state index in [1.807, 2.05) is 0 Å². The summed E-state index contributed by atoms with van der Waals surface area (Å²) in [7, 11) is 2.19. The average molecular weight is 338 g/mol. The maximum absolute atomic E-state index is 2.38. The zero-order valence-corrected chi connectivity index (χ0v) is 17.8. The van der Waals surface area contributed by atoms with Gasteiger partial charge in [0, 0.05) is 18.4 Å². The van der Waals surface area contributed by atoms with Crippen LogP contribution in [0, 0.1) is 20.8 Å². The molecule has 0 unspecified atom stereocenters. The summed E-state index contributed by atoms with van der Waals surface area (Å²) < 4.78 is 0. The number of hydrogen-bond donors (Lipinski definition) is 0. The predicted molar refractivity (Wildman–Crippen MR) is 113 cm³/mol. The van der Waals surface area contributed by atoms with Crippen LogP contribution in [0.5, 0.6) is 0 Å². The first kappa shape index (κ1) is 19.6. The van der Waals surface area contributed by atoms with E-state index >= 15 is 0 Å². The van der Waals surface area contributed by atoms with Crippen LogP contribution >= 0.6 is 0 Å². The molecule has 0 aromatic heterocycles. The number of hydrogen-bond acceptors (Lipinski definition) is 1. The van der Waals surface area contributed by atoms with Crippen molar-refractivity contribution in [3.8, 4) is 0 Å². The van der Waals surface area contributed by atoms with Crippen molar-refractivity contribution >= 4 is 11.4 Å². The molecule has 0 aliphatic rings. The zero-order chi connectivity index (χ0) is 19.2. The van der Waals surface area contributed by atoms with Gasteiger partial charge in [0.15, 0.2) is 0 Å². The van der Waals surface area contributed by atoms with Crippen LogP contribution in [0.3, 0.4) is 0 Å². The summed E-state index contributed by atoms with van der Waals surface area (Å²) in [6, 6.07) is 11.7. The van der Waals surface area contributed by atoms with E-state index in [1.54, 1.807) is 0 Å². The minimum absolute atomic E-state index is 0.134. The summed E-state index contributed by atoms with van der Waals surface area (Å²) in [6.07, 6.45) is 0. The topological polar surface area (TPSA) is 3.24 Å². The smallest absolute Gasteiger partial charge is 0.0440 e. The van der Waals surface area contributed by atoms with E-state index < -0.39 is 0 Å². The monoisotopic (exact) mass is 337 g/mol. The fourth-order valence-corrected chi connectivity index (χ4v) is 3.12. The lowest BCUT2D eigenvalue weighted by atomic mass is 9.80. The Morgan fingerprint density at radius 3 is 1.48 bits per heavy atom. The van der Waals surface area contributed by atoms with E-state index in [1.165, 1.54) is 39.2 Å². The van der Waals surface area contributed by atoms with Crippen molar-refractivity contribution < 1.29 is 0 Å². The molecule has 1 heteroatoms. The highest BCUT2D eigenvalue weighted by Crippen LogP contribution is 2.36. The van der Waals surface area contributed by atoms with Gasteiger partial charge in [-0.1, -0.05) is 53.7 Å². The van der Waals surface area contributed by atoms with Gasteiger partial charge in [-0.05, 0) is 77.6 Å². The molecule has 0 aliphatic carbocycles. The lowest BCUT2D eigenvalue weighted by molar-refractivity contribution is 0.568. The molecular formula is C24H35N. The molecule has 0 saturated carbocycles. The number of aryl methyl sites for hydroxylation is 3. The molecule has 2 aromatic rings. The van der Waals surface area contributed by atoms with E-state index in [0.717, 1.165) is 0 Å². The van der Waals surface area contributed by atoms with E-state index in [2.05, 4.69) is 105 Å². The highest BCUT2D eigenvalue weighted by atomic mass is 15.1. The van der Waals surface area contributed by atoms with Gasteiger partial charge in [0.1, 0.15) is 0 Å². The Morgan fingerprint density at radius 2 is 1.04 bits per heavy atom. The maximum Gasteiger partial charge on any atom is 0.0440 e. The number of benzene rings is 2. The molecule has 0 heterocycles. The van der Waals surface area contributed by atoms with Gasteiger partial charge in [-0.2, -0.15) is 0 Å². The van der Waals surface area contributed by atoms with Crippen LogP contribution in [0.2, 0.25) is 0 Å². The summed E-state index contributed by atoms with van der Waals surface area (Å²) in [5.41, 5.74) is 9.63. The van der Waals surface area contributed by atoms with Gasteiger partial charge in [-0.25, -0.2) is 0 Å². The molecule has 0 radical (unpaired) electrons. The molecule has 25 heavy (non-hydrogen) atoms. The van der Waals surface area contributed by atoms with Crippen molar-refractivity contribution in [1.29, 1.82) is 0 Å². The zero-order valence-electron chi connectivity index (χ0n) is 17.8. The molecule has 0 bridgehead atoms. The van der Waals surface area contributed by atoms with Gasteiger partial charge in [0.2, 0.25) is 0 Å². The predicted octanol–water partition coefficient (Wildman–Crippen LogP) is 6.97. The van der Waals surface area contributed by atoms with Crippen LogP contribution in [-0.2, 0) is 10.8 Å². The molecule has 0 saturated heterocycles. The fourth-order valence-electron chi connectivity index (χ4n) is 3.12. The Bertz CT molecular complexity index is 738. The highest BCUT2D eigenvalue weighted by molar-refractivity contribution is 5.68. The van der Waals surface area contributed by atoms with E-state index in [0.29, 0.717) is 0 Å². The molecule has 1 nitrogen and oxygen atoms in total. The molecule has 2 rings (SSSR count). The second-order valence-corrected chi connectivity index (χ2v) is 9.55. The van der Waals surface area contributed by atoms with Crippen LogP contribution in [-0.4, -0.2) is 7.05 Å². The molecule has 0 amide bonds. The lowest BCUT2D eigenvalue weighted by Gasteiger charge is -2.30. The lowest BCUT2D eigenvalue weighted by Crippen LogP contribution is -2.19. The van der Waals surface area contributed by atoms with Crippen molar-refractivity contribution in [3.05, 3.63) is 58.1 Å². The minimum Gasteiger partial charge on any atom is -0.344 e. The van der Waals surface area contributed by atoms with E-state index in [9.17, 15) is 0 Å². The third-order valence-electron chi connectivity index (χ3n) is 5.21. The van der Waals surface area contributed by atoms with Crippen molar-refractivity contribution in [2.75, 3.05) is 11.9 Å². The number of rotatable bonds is 2. The molecule has 0 atom stereocenters. The summed E-state index contributed by atoms with van der Waals surface area (Å²) >= 11 is 0. The number of nitrogens with zero attached hydrogens (tertiary/aromatic N) is 1. The number of anilines is 2. The molecular weight excluding hydrogens is 302 g/mol. The molecule has 0 fully saturated rings. The Morgan fingerprint density at radius 1 is 0.600 bits per heavy atom. The molecule has 0 N–H and O–H groups in total. The first-order valence-corrected chi connectivity index (χ1v) is 9.28. The summed E-state index contributed by atoms with van der Waals surface area (Å²) in [4.78, 5) is 2.34. The van der Waals surface area contributed by atoms with Gasteiger partial charge in [-0.3, -0.25) is 0 Å². The average Bonchev–Trinajstić information content (AvgIpc) is 2.48. The quantitative estimate of drug-likeness (QED) is 0.571. The van der Waals surface area contributed by atoms with Gasteiger partial charge in [0.25, 0.3) is 0 Å². The second-order valence-electron chi connectivity index (χ2n) is 9.55. The minimum atomic E-state index is 0.134. The first-order chi connectivity index (χ1) is 11.3. The molecule has 0 spiro atoms. The largest absolute Gasteiger partial charge is 0.344 e. The van der Waals surface area contributed by atoms with Crippen molar-refractivity contribution in [1.82, 2.24) is 0 Å². The third-order valence-corrected chi connectivity index (χ3v) is 5.21. The molecule has 136 valence electrons. The van der Waals surface area contributed by atoms with Crippen LogP contribution in [0.4, 0.5) is 11.4 Å². The Kier molecular flexibility index (Phi) is 5.10. The van der Waals surface area contributed by atoms with E-state index in [4.69, 9.17) is 0 Å². The first-order valence-electron chi connectivity index (χ1n) is 9.28. The third kappa shape index (κ3) is 4.26. The SMILES string of the molecule is Cc1cc(C)c(N(C)c2cc(C(C)(C)C)cc(C(C)(C)C)c2)cc1C. The summed E-state index contributed by atoms with van der Waals surface area (Å²) in [5.74, 6) is 0. The summed E-state index contributed by atoms with van der Waals surface area (Å²) in [6.45, 7) is 20.3. The maximum atomic E-state index is 2.38. The highest BCUT2D eigenvalue weighted by Gasteiger charge is 2.22. The molecule has 2 aromatic carbocycles. The Balaban J connectivity index is 2.63. The Hall–Kier alpha value is -1.76. The van der Waals surface area contributed by atoms with Crippen molar-refractivity contribution in [2.45, 2.75) is 73.1 Å². The van der Waals surface area contributed by atoms with Gasteiger partial charge >= 0.3 is 0 Å². The van der Waals surface area contributed by atoms with E-state index in [-0.39, 0.29) is 10.8 Å². The van der Waals surface area contributed by atoms with Crippen molar-refractivity contribution in [3.63, 3.8) is 0 Å². The van der Waals surface area contributed by atoms with Crippen molar-refractivity contribution in [2.24, 2.45) is 0 Å². The van der Waals surface area contributed by atoms with Gasteiger partial charge in [-0.15, -0.1) is 0 Å². The fraction of sp³-hybridized carbons (Fsp3) is 0.500. The Labute approximate surface area is 155 Å². The van der Waals surface area contributed by atoms with Crippen LogP contribution < -0.4 is 4.90 Å². The van der Waals surface area contributed by atoms with Crippen LogP contribution in [0.1, 0.15) is 69.4 Å². The van der Waals surface area contributed by atoms with Gasteiger partial charge in [0.05, 0.1) is 0 Å². The normalized spacial score (nSPS) is 12.4. The molecule has 0 aliphatic heterocycles. The van der Waals surface area contributed by atoms with Crippen LogP contribution in [0.15, 0.2) is 30.3 Å².